The number of hydrazine groups is 1. The van der Waals surface area contributed by atoms with Gasteiger partial charge in [0.2, 0.25) is 0 Å². The summed E-state index contributed by atoms with van der Waals surface area (Å²) in [5.74, 6) is 5.35. The van der Waals surface area contributed by atoms with Gasteiger partial charge < -0.3 is 0 Å². The number of nitrogens with two attached hydrogens (primary N) is 1. The Balaban J connectivity index is 2.34. The molecule has 1 unspecified atom stereocenters. The van der Waals surface area contributed by atoms with E-state index >= 15 is 0 Å². The Labute approximate surface area is 138 Å². The van der Waals surface area contributed by atoms with Crippen LogP contribution in [0.4, 0.5) is 4.39 Å². The molecule has 0 aliphatic heterocycles. The molecule has 2 aromatic carbocycles. The molecule has 0 radical (unpaired) electrons. The zero-order valence-electron chi connectivity index (χ0n) is 10.3. The van der Waals surface area contributed by atoms with Crippen molar-refractivity contribution in [3.05, 3.63) is 67.3 Å². The Hall–Kier alpha value is -0.460. The molecule has 0 amide bonds. The van der Waals surface area contributed by atoms with Crippen LogP contribution in [0.3, 0.4) is 0 Å². The number of nitrogens with one attached hydrogen (secondary N) is 1. The zero-order valence-corrected chi connectivity index (χ0v) is 14.3. The molecule has 0 saturated carbocycles. The van der Waals surface area contributed by atoms with E-state index in [2.05, 4.69) is 37.3 Å². The lowest BCUT2D eigenvalue weighted by Gasteiger charge is -2.19. The lowest BCUT2D eigenvalue weighted by Crippen LogP contribution is -2.30. The minimum absolute atomic E-state index is 0.179. The van der Waals surface area contributed by atoms with Crippen molar-refractivity contribution in [1.29, 1.82) is 0 Å². The minimum Gasteiger partial charge on any atom is -0.271 e. The van der Waals surface area contributed by atoms with Crippen molar-refractivity contribution in [2.45, 2.75) is 12.5 Å². The van der Waals surface area contributed by atoms with Gasteiger partial charge in [-0.15, -0.1) is 0 Å². The van der Waals surface area contributed by atoms with Crippen molar-refractivity contribution in [3.8, 4) is 0 Å². The van der Waals surface area contributed by atoms with E-state index in [9.17, 15) is 4.39 Å². The van der Waals surface area contributed by atoms with E-state index < -0.39 is 0 Å². The molecule has 0 bridgehead atoms. The quantitative estimate of drug-likeness (QED) is 0.551. The number of benzene rings is 2. The highest BCUT2D eigenvalue weighted by molar-refractivity contribution is 9.10. The topological polar surface area (TPSA) is 38.0 Å². The largest absolute Gasteiger partial charge is 0.271 e. The molecule has 0 spiro atoms. The van der Waals surface area contributed by atoms with Crippen LogP contribution >= 0.6 is 43.5 Å². The van der Waals surface area contributed by atoms with Crippen molar-refractivity contribution in [3.63, 3.8) is 0 Å². The Morgan fingerprint density at radius 1 is 1.25 bits per heavy atom. The first-order chi connectivity index (χ1) is 9.52. The van der Waals surface area contributed by atoms with Gasteiger partial charge in [0, 0.05) is 9.50 Å². The Morgan fingerprint density at radius 2 is 2.00 bits per heavy atom. The predicted molar refractivity (Wildman–Crippen MR) is 87.0 cm³/mol. The predicted octanol–water partition coefficient (Wildman–Crippen LogP) is 4.75. The molecule has 3 N–H and O–H groups in total. The normalized spacial score (nSPS) is 12.4. The Bertz CT molecular complexity index is 622. The third-order valence-electron chi connectivity index (χ3n) is 2.99. The molecule has 20 heavy (non-hydrogen) atoms. The van der Waals surface area contributed by atoms with Gasteiger partial charge in [0.25, 0.3) is 0 Å². The average Bonchev–Trinajstić information content (AvgIpc) is 2.43. The summed E-state index contributed by atoms with van der Waals surface area (Å²) in [6, 6.07) is 10.3. The molecule has 2 nitrogen and oxygen atoms in total. The summed E-state index contributed by atoms with van der Waals surface area (Å²) >= 11 is 12.8. The molecule has 106 valence electrons. The maximum absolute atomic E-state index is 13.6. The van der Waals surface area contributed by atoms with Crippen LogP contribution in [0.5, 0.6) is 0 Å². The zero-order chi connectivity index (χ0) is 14.7. The van der Waals surface area contributed by atoms with E-state index in [4.69, 9.17) is 17.4 Å². The number of hydrogen-bond donors (Lipinski definition) is 2. The second-order valence-electron chi connectivity index (χ2n) is 4.30. The third-order valence-corrected chi connectivity index (χ3v) is 4.84. The molecule has 0 aromatic heterocycles. The molecular formula is C14H12Br2ClFN2. The van der Waals surface area contributed by atoms with E-state index in [0.29, 0.717) is 15.9 Å². The van der Waals surface area contributed by atoms with Crippen molar-refractivity contribution in [2.75, 3.05) is 0 Å². The van der Waals surface area contributed by atoms with Crippen LogP contribution in [0.2, 0.25) is 5.02 Å². The van der Waals surface area contributed by atoms with Crippen LogP contribution in [-0.2, 0) is 6.42 Å². The van der Waals surface area contributed by atoms with Gasteiger partial charge in [-0.2, -0.15) is 0 Å². The van der Waals surface area contributed by atoms with Crippen LogP contribution in [0.1, 0.15) is 17.2 Å². The van der Waals surface area contributed by atoms with Crippen LogP contribution in [-0.4, -0.2) is 0 Å². The van der Waals surface area contributed by atoms with Crippen molar-refractivity contribution in [2.24, 2.45) is 5.84 Å². The molecule has 0 aliphatic carbocycles. The van der Waals surface area contributed by atoms with Crippen LogP contribution in [0.25, 0.3) is 0 Å². The van der Waals surface area contributed by atoms with Gasteiger partial charge in [-0.25, -0.2) is 4.39 Å². The van der Waals surface area contributed by atoms with Crippen LogP contribution in [0, 0.1) is 5.82 Å². The van der Waals surface area contributed by atoms with E-state index in [-0.39, 0.29) is 11.9 Å². The molecule has 0 heterocycles. The second-order valence-corrected chi connectivity index (χ2v) is 6.39. The fraction of sp³-hybridized carbons (Fsp3) is 0.143. The van der Waals surface area contributed by atoms with Crippen LogP contribution < -0.4 is 11.3 Å². The summed E-state index contributed by atoms with van der Waals surface area (Å²) in [5, 5.41) is 0.627. The average molecular weight is 423 g/mol. The fourth-order valence-corrected chi connectivity index (χ4v) is 3.10. The van der Waals surface area contributed by atoms with E-state index in [0.717, 1.165) is 15.6 Å². The molecule has 2 rings (SSSR count). The summed E-state index contributed by atoms with van der Waals surface area (Å²) < 4.78 is 14.9. The van der Waals surface area contributed by atoms with Gasteiger partial charge in [0.1, 0.15) is 5.82 Å². The highest BCUT2D eigenvalue weighted by Crippen LogP contribution is 2.31. The summed E-state index contributed by atoms with van der Waals surface area (Å²) in [6.45, 7) is 0. The molecule has 1 atom stereocenters. The summed E-state index contributed by atoms with van der Waals surface area (Å²) in [7, 11) is 0. The highest BCUT2D eigenvalue weighted by Gasteiger charge is 2.16. The lowest BCUT2D eigenvalue weighted by atomic mass is 9.99. The molecule has 0 aliphatic rings. The van der Waals surface area contributed by atoms with Crippen LogP contribution in [0.15, 0.2) is 45.3 Å². The Morgan fingerprint density at radius 3 is 2.70 bits per heavy atom. The first-order valence-corrected chi connectivity index (χ1v) is 7.83. The molecule has 2 aromatic rings. The van der Waals surface area contributed by atoms with Gasteiger partial charge in [0.15, 0.2) is 0 Å². The molecule has 0 saturated heterocycles. The number of halogens is 4. The maximum Gasteiger partial charge on any atom is 0.137 e. The summed E-state index contributed by atoms with van der Waals surface area (Å²) in [6.07, 6.45) is 0.536. The number of rotatable bonds is 4. The second kappa shape index (κ2) is 7.00. The monoisotopic (exact) mass is 420 g/mol. The Kier molecular flexibility index (Phi) is 5.57. The third kappa shape index (κ3) is 3.59. The number of hydrogen-bond acceptors (Lipinski definition) is 2. The van der Waals surface area contributed by atoms with Gasteiger partial charge in [-0.05, 0) is 57.7 Å². The smallest absolute Gasteiger partial charge is 0.137 e. The van der Waals surface area contributed by atoms with Crippen molar-refractivity contribution < 1.29 is 4.39 Å². The van der Waals surface area contributed by atoms with Crippen molar-refractivity contribution >= 4 is 43.5 Å². The fourth-order valence-electron chi connectivity index (χ4n) is 1.97. The first kappa shape index (κ1) is 15.9. The van der Waals surface area contributed by atoms with E-state index in [1.165, 1.54) is 6.07 Å². The van der Waals surface area contributed by atoms with Crippen molar-refractivity contribution in [1.82, 2.24) is 5.43 Å². The maximum atomic E-state index is 13.6. The summed E-state index contributed by atoms with van der Waals surface area (Å²) in [4.78, 5) is 0. The van der Waals surface area contributed by atoms with E-state index in [1.807, 2.05) is 18.2 Å². The summed E-state index contributed by atoms with van der Waals surface area (Å²) in [5.41, 5.74) is 4.51. The van der Waals surface area contributed by atoms with Gasteiger partial charge in [0.05, 0.1) is 10.5 Å². The highest BCUT2D eigenvalue weighted by atomic mass is 79.9. The molecule has 0 fully saturated rings. The molecule has 6 heteroatoms. The van der Waals surface area contributed by atoms with Gasteiger partial charge in [-0.1, -0.05) is 39.7 Å². The van der Waals surface area contributed by atoms with Gasteiger partial charge in [-0.3, -0.25) is 11.3 Å². The van der Waals surface area contributed by atoms with Gasteiger partial charge >= 0.3 is 0 Å². The lowest BCUT2D eigenvalue weighted by molar-refractivity contribution is 0.545. The molecular weight excluding hydrogens is 410 g/mol. The minimum atomic E-state index is -0.288. The van der Waals surface area contributed by atoms with E-state index in [1.54, 1.807) is 12.1 Å². The SMILES string of the molecule is NNC(Cc1cccc(F)c1Br)c1cc(Cl)ccc1Br. The standard InChI is InChI=1S/C14H12Br2ClFN2/c15-11-5-4-9(17)7-10(11)13(20-19)6-8-2-1-3-12(18)14(8)16/h1-5,7,13,20H,6,19H2. The first-order valence-electron chi connectivity index (χ1n) is 5.87.